The van der Waals surface area contributed by atoms with Gasteiger partial charge < -0.3 is 9.30 Å². The van der Waals surface area contributed by atoms with E-state index in [-0.39, 0.29) is 0 Å². The molecule has 0 radical (unpaired) electrons. The van der Waals surface area contributed by atoms with Gasteiger partial charge in [0.2, 0.25) is 0 Å². The van der Waals surface area contributed by atoms with Crippen molar-refractivity contribution >= 4 is 0 Å². The molecule has 0 atom stereocenters. The third kappa shape index (κ3) is 4.72. The Bertz CT molecular complexity index is 1090. The molecule has 0 fully saturated rings. The number of methoxy groups -OCH3 is 1. The Hall–Kier alpha value is -3.40. The van der Waals surface area contributed by atoms with Gasteiger partial charge in [-0.15, -0.1) is 0 Å². The first-order valence-electron chi connectivity index (χ1n) is 9.88. The highest BCUT2D eigenvalue weighted by Crippen LogP contribution is 2.25. The SMILES string of the molecule is COc1cc(Cc2cccc(CCc3ccccc3)n2)ccc1-n1cnc(C)c1. The molecular formula is C25H25N3O. The standard InChI is InChI=1S/C25H25N3O/c1-19-17-28(18-26-19)24-14-12-21(16-25(24)29-2)15-23-10-6-9-22(27-23)13-11-20-7-4-3-5-8-20/h3-10,12,14,16-18H,11,13,15H2,1-2H3. The molecule has 4 nitrogen and oxygen atoms in total. The largest absolute Gasteiger partial charge is 0.495 e. The van der Waals surface area contributed by atoms with Crippen LogP contribution in [0.2, 0.25) is 0 Å². The fraction of sp³-hybridized carbons (Fsp3) is 0.200. The number of nitrogens with zero attached hydrogens (tertiary/aromatic N) is 3. The number of hydrogen-bond donors (Lipinski definition) is 0. The number of benzene rings is 2. The van der Waals surface area contributed by atoms with Crippen molar-refractivity contribution in [3.8, 4) is 11.4 Å². The first-order valence-corrected chi connectivity index (χ1v) is 9.88. The zero-order valence-electron chi connectivity index (χ0n) is 16.9. The lowest BCUT2D eigenvalue weighted by molar-refractivity contribution is 0.412. The minimum Gasteiger partial charge on any atom is -0.495 e. The van der Waals surface area contributed by atoms with Crippen molar-refractivity contribution in [1.82, 2.24) is 14.5 Å². The molecule has 2 aromatic heterocycles. The van der Waals surface area contributed by atoms with Crippen molar-refractivity contribution in [2.45, 2.75) is 26.2 Å². The first-order chi connectivity index (χ1) is 14.2. The van der Waals surface area contributed by atoms with E-state index in [0.29, 0.717) is 0 Å². The first kappa shape index (κ1) is 18.9. The van der Waals surface area contributed by atoms with Gasteiger partial charge >= 0.3 is 0 Å². The molecule has 0 aliphatic heterocycles. The second kappa shape index (κ2) is 8.74. The van der Waals surface area contributed by atoms with Crippen LogP contribution in [0.15, 0.2) is 79.3 Å². The van der Waals surface area contributed by atoms with E-state index in [2.05, 4.69) is 71.7 Å². The smallest absolute Gasteiger partial charge is 0.143 e. The lowest BCUT2D eigenvalue weighted by Crippen LogP contribution is -2.00. The number of hydrogen-bond acceptors (Lipinski definition) is 3. The Labute approximate surface area is 171 Å². The summed E-state index contributed by atoms with van der Waals surface area (Å²) in [5.41, 5.74) is 6.69. The van der Waals surface area contributed by atoms with Gasteiger partial charge in [0.05, 0.1) is 24.8 Å². The maximum Gasteiger partial charge on any atom is 0.143 e. The molecule has 0 saturated heterocycles. The van der Waals surface area contributed by atoms with E-state index in [9.17, 15) is 0 Å². The van der Waals surface area contributed by atoms with E-state index in [4.69, 9.17) is 9.72 Å². The molecule has 2 aromatic carbocycles. The van der Waals surface area contributed by atoms with Crippen LogP contribution in [0.4, 0.5) is 0 Å². The Kier molecular flexibility index (Phi) is 5.71. The minimum absolute atomic E-state index is 0.777. The summed E-state index contributed by atoms with van der Waals surface area (Å²) >= 11 is 0. The molecule has 29 heavy (non-hydrogen) atoms. The van der Waals surface area contributed by atoms with Crippen LogP contribution in [0.1, 0.15) is 28.2 Å². The van der Waals surface area contributed by atoms with Crippen molar-refractivity contribution in [2.24, 2.45) is 0 Å². The molecule has 4 heteroatoms. The van der Waals surface area contributed by atoms with Crippen LogP contribution < -0.4 is 4.74 Å². The second-order valence-electron chi connectivity index (χ2n) is 7.21. The molecule has 4 aromatic rings. The summed E-state index contributed by atoms with van der Waals surface area (Å²) in [6, 6.07) is 23.1. The predicted octanol–water partition coefficient (Wildman–Crippen LogP) is 4.96. The Morgan fingerprint density at radius 1 is 0.862 bits per heavy atom. The van der Waals surface area contributed by atoms with Crippen molar-refractivity contribution in [3.05, 3.63) is 107 Å². The highest BCUT2D eigenvalue weighted by atomic mass is 16.5. The number of rotatable bonds is 7. The number of imidazole rings is 1. The average molecular weight is 383 g/mol. The topological polar surface area (TPSA) is 39.9 Å². The van der Waals surface area contributed by atoms with E-state index in [1.165, 1.54) is 11.1 Å². The van der Waals surface area contributed by atoms with Crippen LogP contribution >= 0.6 is 0 Å². The van der Waals surface area contributed by atoms with Gasteiger partial charge in [0.25, 0.3) is 0 Å². The monoisotopic (exact) mass is 383 g/mol. The van der Waals surface area contributed by atoms with E-state index in [0.717, 1.165) is 47.8 Å². The fourth-order valence-electron chi connectivity index (χ4n) is 3.49. The maximum atomic E-state index is 5.63. The third-order valence-electron chi connectivity index (χ3n) is 5.00. The molecule has 0 saturated carbocycles. The van der Waals surface area contributed by atoms with E-state index < -0.39 is 0 Å². The van der Waals surface area contributed by atoms with Gasteiger partial charge in [-0.3, -0.25) is 4.98 Å². The van der Waals surface area contributed by atoms with Gasteiger partial charge in [-0.05, 0) is 55.2 Å². The number of aryl methyl sites for hydroxylation is 3. The summed E-state index contributed by atoms with van der Waals surface area (Å²) in [5.74, 6) is 0.833. The normalized spacial score (nSPS) is 10.8. The van der Waals surface area contributed by atoms with Crippen LogP contribution in [0.5, 0.6) is 5.75 Å². The molecule has 0 spiro atoms. The summed E-state index contributed by atoms with van der Waals surface area (Å²) in [5, 5.41) is 0. The highest BCUT2D eigenvalue weighted by Gasteiger charge is 2.09. The Balaban J connectivity index is 1.49. The number of ether oxygens (including phenoxy) is 1. The van der Waals surface area contributed by atoms with Crippen molar-refractivity contribution in [1.29, 1.82) is 0 Å². The van der Waals surface area contributed by atoms with Crippen molar-refractivity contribution < 1.29 is 4.74 Å². The molecule has 0 aliphatic rings. The molecule has 0 N–H and O–H groups in total. The predicted molar refractivity (Wildman–Crippen MR) is 116 cm³/mol. The van der Waals surface area contributed by atoms with Crippen LogP contribution in [-0.2, 0) is 19.3 Å². The maximum absolute atomic E-state index is 5.63. The lowest BCUT2D eigenvalue weighted by Gasteiger charge is -2.11. The quantitative estimate of drug-likeness (QED) is 0.453. The van der Waals surface area contributed by atoms with Crippen LogP contribution in [-0.4, -0.2) is 21.6 Å². The average Bonchev–Trinajstić information content (AvgIpc) is 3.19. The van der Waals surface area contributed by atoms with Gasteiger partial charge in [0, 0.05) is 24.0 Å². The van der Waals surface area contributed by atoms with Crippen molar-refractivity contribution in [2.75, 3.05) is 7.11 Å². The Morgan fingerprint density at radius 3 is 2.45 bits per heavy atom. The molecule has 2 heterocycles. The molecule has 4 rings (SSSR count). The third-order valence-corrected chi connectivity index (χ3v) is 5.00. The molecule has 0 unspecified atom stereocenters. The van der Waals surface area contributed by atoms with Crippen LogP contribution in [0.25, 0.3) is 5.69 Å². The van der Waals surface area contributed by atoms with E-state index in [1.807, 2.05) is 24.0 Å². The van der Waals surface area contributed by atoms with Gasteiger partial charge in [0.15, 0.2) is 0 Å². The van der Waals surface area contributed by atoms with E-state index in [1.54, 1.807) is 7.11 Å². The molecule has 0 aliphatic carbocycles. The van der Waals surface area contributed by atoms with Gasteiger partial charge in [0.1, 0.15) is 5.75 Å². The summed E-state index contributed by atoms with van der Waals surface area (Å²) in [6.07, 6.45) is 6.53. The summed E-state index contributed by atoms with van der Waals surface area (Å²) < 4.78 is 7.62. The minimum atomic E-state index is 0.777. The second-order valence-corrected chi connectivity index (χ2v) is 7.21. The van der Waals surface area contributed by atoms with Gasteiger partial charge in [-0.25, -0.2) is 4.98 Å². The fourth-order valence-corrected chi connectivity index (χ4v) is 3.49. The summed E-state index contributed by atoms with van der Waals surface area (Å²) in [4.78, 5) is 9.17. The zero-order valence-corrected chi connectivity index (χ0v) is 16.9. The van der Waals surface area contributed by atoms with E-state index >= 15 is 0 Å². The van der Waals surface area contributed by atoms with Crippen LogP contribution in [0.3, 0.4) is 0 Å². The zero-order chi connectivity index (χ0) is 20.1. The summed E-state index contributed by atoms with van der Waals surface area (Å²) in [7, 11) is 1.70. The number of aromatic nitrogens is 3. The molecule has 146 valence electrons. The lowest BCUT2D eigenvalue weighted by atomic mass is 10.1. The van der Waals surface area contributed by atoms with Gasteiger partial charge in [-0.2, -0.15) is 0 Å². The van der Waals surface area contributed by atoms with Crippen molar-refractivity contribution in [3.63, 3.8) is 0 Å². The highest BCUT2D eigenvalue weighted by molar-refractivity contribution is 5.49. The Morgan fingerprint density at radius 2 is 1.69 bits per heavy atom. The van der Waals surface area contributed by atoms with Crippen LogP contribution in [0, 0.1) is 6.92 Å². The molecule has 0 amide bonds. The number of pyridine rings is 1. The molecular weight excluding hydrogens is 358 g/mol. The van der Waals surface area contributed by atoms with Gasteiger partial charge in [-0.1, -0.05) is 42.5 Å². The molecule has 0 bridgehead atoms. The summed E-state index contributed by atoms with van der Waals surface area (Å²) in [6.45, 7) is 1.98.